The Balaban J connectivity index is 1.73. The number of hydrogen-bond donors (Lipinski definition) is 1. The second kappa shape index (κ2) is 14.1. The normalized spacial score (nSPS) is 14.3. The molecule has 0 radical (unpaired) electrons. The van der Waals surface area contributed by atoms with Crippen LogP contribution in [0.5, 0.6) is 5.75 Å². The lowest BCUT2D eigenvalue weighted by Crippen LogP contribution is -2.53. The average Bonchev–Trinajstić information content (AvgIpc) is 3.50. The Bertz CT molecular complexity index is 1490. The van der Waals surface area contributed by atoms with Crippen molar-refractivity contribution >= 4 is 39.1 Å². The molecule has 2 amide bonds. The van der Waals surface area contributed by atoms with Crippen LogP contribution in [0.2, 0.25) is 5.02 Å². The minimum Gasteiger partial charge on any atom is -0.497 e. The summed E-state index contributed by atoms with van der Waals surface area (Å²) in [6, 6.07) is 19.4. The summed E-state index contributed by atoms with van der Waals surface area (Å²) in [5.74, 6) is -0.134. The summed E-state index contributed by atoms with van der Waals surface area (Å²) < 4.78 is 34.3. The Kier molecular flexibility index (Phi) is 10.5. The molecule has 0 aliphatic heterocycles. The van der Waals surface area contributed by atoms with E-state index in [4.69, 9.17) is 16.3 Å². The summed E-state index contributed by atoms with van der Waals surface area (Å²) >= 11 is 6.40. The number of anilines is 1. The number of benzene rings is 3. The Morgan fingerprint density at radius 2 is 1.74 bits per heavy atom. The van der Waals surface area contributed by atoms with Crippen LogP contribution in [0.15, 0.2) is 77.7 Å². The number of hydrogen-bond acceptors (Lipinski definition) is 5. The molecule has 0 bridgehead atoms. The number of carbonyl (C=O) groups is 2. The summed E-state index contributed by atoms with van der Waals surface area (Å²) in [5.41, 5.74) is 1.79. The lowest BCUT2D eigenvalue weighted by atomic mass is 10.1. The Morgan fingerprint density at radius 1 is 1.02 bits per heavy atom. The standard InChI is InChI=1S/C32H38ClN3O5S/c1-4-30(32(38)34-25-12-8-9-13-25)35(21-24-11-10-14-27(19-24)41-3)31(37)22-36(26-18-17-23(2)29(33)20-26)42(39,40)28-15-6-5-7-16-28/h5-7,10-11,14-20,25,30H,4,8-9,12-13,21-22H2,1-3H3,(H,34,38)/t30-/m0/s1. The van der Waals surface area contributed by atoms with Gasteiger partial charge in [0.05, 0.1) is 17.7 Å². The van der Waals surface area contributed by atoms with Crippen LogP contribution in [0.4, 0.5) is 5.69 Å². The van der Waals surface area contributed by atoms with Gasteiger partial charge in [-0.1, -0.05) is 67.8 Å². The molecule has 224 valence electrons. The summed E-state index contributed by atoms with van der Waals surface area (Å²) in [4.78, 5) is 29.3. The van der Waals surface area contributed by atoms with Gasteiger partial charge in [0.1, 0.15) is 18.3 Å². The summed E-state index contributed by atoms with van der Waals surface area (Å²) in [7, 11) is -2.60. The highest BCUT2D eigenvalue weighted by Crippen LogP contribution is 2.29. The van der Waals surface area contributed by atoms with Crippen LogP contribution >= 0.6 is 11.6 Å². The molecule has 1 aliphatic rings. The van der Waals surface area contributed by atoms with Gasteiger partial charge in [-0.15, -0.1) is 0 Å². The van der Waals surface area contributed by atoms with Gasteiger partial charge in [-0.2, -0.15) is 0 Å². The third-order valence-corrected chi connectivity index (χ3v) is 9.82. The zero-order valence-electron chi connectivity index (χ0n) is 24.3. The number of nitrogens with one attached hydrogen (secondary N) is 1. The summed E-state index contributed by atoms with van der Waals surface area (Å²) in [6.45, 7) is 3.25. The molecule has 42 heavy (non-hydrogen) atoms. The second-order valence-corrected chi connectivity index (χ2v) is 12.8. The first kappa shape index (κ1) is 31.4. The van der Waals surface area contributed by atoms with E-state index in [9.17, 15) is 18.0 Å². The fourth-order valence-corrected chi connectivity index (χ4v) is 6.84. The average molecular weight is 612 g/mol. The number of aryl methyl sites for hydroxylation is 1. The largest absolute Gasteiger partial charge is 0.497 e. The molecule has 4 rings (SSSR count). The van der Waals surface area contributed by atoms with E-state index >= 15 is 0 Å². The number of methoxy groups -OCH3 is 1. The molecule has 0 spiro atoms. The van der Waals surface area contributed by atoms with E-state index in [0.717, 1.165) is 41.1 Å². The van der Waals surface area contributed by atoms with E-state index in [1.54, 1.807) is 55.6 Å². The number of sulfonamides is 1. The highest BCUT2D eigenvalue weighted by molar-refractivity contribution is 7.92. The molecule has 10 heteroatoms. The van der Waals surface area contributed by atoms with Gasteiger partial charge in [-0.05, 0) is 73.7 Å². The van der Waals surface area contributed by atoms with Crippen LogP contribution in [0.25, 0.3) is 0 Å². The number of ether oxygens (including phenoxy) is 1. The molecule has 8 nitrogen and oxygen atoms in total. The SMILES string of the molecule is CC[C@@H](C(=O)NC1CCCC1)N(Cc1cccc(OC)c1)C(=O)CN(c1ccc(C)c(Cl)c1)S(=O)(=O)c1ccccc1. The molecule has 0 unspecified atom stereocenters. The first-order chi connectivity index (χ1) is 20.1. The molecule has 3 aromatic carbocycles. The maximum absolute atomic E-state index is 14.2. The van der Waals surface area contributed by atoms with Crippen molar-refractivity contribution in [3.8, 4) is 5.75 Å². The highest BCUT2D eigenvalue weighted by Gasteiger charge is 2.34. The quantitative estimate of drug-likeness (QED) is 0.283. The van der Waals surface area contributed by atoms with Gasteiger partial charge in [-0.25, -0.2) is 8.42 Å². The Hall–Kier alpha value is -3.56. The third-order valence-electron chi connectivity index (χ3n) is 7.63. The monoisotopic (exact) mass is 611 g/mol. The molecular formula is C32H38ClN3O5S. The predicted octanol–water partition coefficient (Wildman–Crippen LogP) is 5.72. The van der Waals surface area contributed by atoms with E-state index in [2.05, 4.69) is 5.32 Å². The van der Waals surface area contributed by atoms with Crippen molar-refractivity contribution in [2.24, 2.45) is 0 Å². The van der Waals surface area contributed by atoms with Gasteiger partial charge in [0.2, 0.25) is 11.8 Å². The van der Waals surface area contributed by atoms with Crippen LogP contribution in [0.3, 0.4) is 0 Å². The van der Waals surface area contributed by atoms with Crippen molar-refractivity contribution in [1.82, 2.24) is 10.2 Å². The van der Waals surface area contributed by atoms with Crippen LogP contribution in [-0.4, -0.2) is 50.9 Å². The fraction of sp³-hybridized carbons (Fsp3) is 0.375. The number of amides is 2. The molecule has 0 aromatic heterocycles. The second-order valence-electron chi connectivity index (χ2n) is 10.5. The van der Waals surface area contributed by atoms with Crippen LogP contribution in [0, 0.1) is 6.92 Å². The van der Waals surface area contributed by atoms with Crippen molar-refractivity contribution in [3.63, 3.8) is 0 Å². The van der Waals surface area contributed by atoms with Crippen molar-refractivity contribution < 1.29 is 22.7 Å². The van der Waals surface area contributed by atoms with Crippen molar-refractivity contribution in [1.29, 1.82) is 0 Å². The van der Waals surface area contributed by atoms with Gasteiger partial charge in [0, 0.05) is 17.6 Å². The van der Waals surface area contributed by atoms with Crippen molar-refractivity contribution in [2.75, 3.05) is 18.0 Å². The van der Waals surface area contributed by atoms with E-state index in [1.807, 2.05) is 26.0 Å². The lowest BCUT2D eigenvalue weighted by molar-refractivity contribution is -0.140. The smallest absolute Gasteiger partial charge is 0.264 e. The van der Waals surface area contributed by atoms with Gasteiger partial charge in [-0.3, -0.25) is 13.9 Å². The molecule has 0 heterocycles. The molecule has 1 saturated carbocycles. The molecule has 3 aromatic rings. The van der Waals surface area contributed by atoms with Crippen molar-refractivity contribution in [2.45, 2.75) is 69.5 Å². The van der Waals surface area contributed by atoms with Gasteiger partial charge < -0.3 is 15.0 Å². The minimum atomic E-state index is -4.16. The lowest BCUT2D eigenvalue weighted by Gasteiger charge is -2.34. The zero-order chi connectivity index (χ0) is 30.3. The molecular weight excluding hydrogens is 574 g/mol. The molecule has 1 aliphatic carbocycles. The van der Waals surface area contributed by atoms with E-state index < -0.39 is 28.5 Å². The topological polar surface area (TPSA) is 96.0 Å². The first-order valence-electron chi connectivity index (χ1n) is 14.2. The van der Waals surface area contributed by atoms with Gasteiger partial charge >= 0.3 is 0 Å². The van der Waals surface area contributed by atoms with E-state index in [0.29, 0.717) is 17.2 Å². The third kappa shape index (κ3) is 7.44. The zero-order valence-corrected chi connectivity index (χ0v) is 25.8. The Morgan fingerprint density at radius 3 is 2.38 bits per heavy atom. The number of halogens is 1. The fourth-order valence-electron chi connectivity index (χ4n) is 5.24. The molecule has 0 saturated heterocycles. The Labute approximate surface area is 253 Å². The van der Waals surface area contributed by atoms with Crippen LogP contribution in [-0.2, 0) is 26.2 Å². The number of rotatable bonds is 12. The van der Waals surface area contributed by atoms with E-state index in [-0.39, 0.29) is 29.1 Å². The van der Waals surface area contributed by atoms with Crippen LogP contribution in [0.1, 0.15) is 50.2 Å². The number of carbonyl (C=O) groups excluding carboxylic acids is 2. The van der Waals surface area contributed by atoms with Crippen molar-refractivity contribution in [3.05, 3.63) is 88.9 Å². The maximum atomic E-state index is 14.2. The van der Waals surface area contributed by atoms with Crippen LogP contribution < -0.4 is 14.4 Å². The predicted molar refractivity (Wildman–Crippen MR) is 165 cm³/mol. The first-order valence-corrected chi connectivity index (χ1v) is 16.0. The highest BCUT2D eigenvalue weighted by atomic mass is 35.5. The molecule has 1 fully saturated rings. The summed E-state index contributed by atoms with van der Waals surface area (Å²) in [5, 5.41) is 3.50. The number of nitrogens with zero attached hydrogens (tertiary/aromatic N) is 2. The maximum Gasteiger partial charge on any atom is 0.264 e. The minimum absolute atomic E-state index is 0.0415. The molecule has 1 atom stereocenters. The summed E-state index contributed by atoms with van der Waals surface area (Å²) in [6.07, 6.45) is 4.28. The molecule has 1 N–H and O–H groups in total. The van der Waals surface area contributed by atoms with Gasteiger partial charge in [0.25, 0.3) is 10.0 Å². The van der Waals surface area contributed by atoms with E-state index in [1.165, 1.54) is 17.0 Å². The van der Waals surface area contributed by atoms with Gasteiger partial charge in [0.15, 0.2) is 0 Å².